The first-order valence-electron chi connectivity index (χ1n) is 5.39. The molecule has 0 spiro atoms. The number of alkyl halides is 3. The van der Waals surface area contributed by atoms with E-state index in [9.17, 15) is 13.2 Å². The third-order valence-corrected chi connectivity index (χ3v) is 3.72. The van der Waals surface area contributed by atoms with Crippen molar-refractivity contribution in [1.82, 2.24) is 0 Å². The largest absolute Gasteiger partial charge is 0.431 e. The standard InChI is InChI=1S/C12H12F3NOS/c1-11(12(13,14)15)7-10(16-17-11)18-8-9-5-3-2-4-6-9/h2-6H,7-8H2,1H3. The normalized spacial score (nSPS) is 23.7. The molecule has 0 amide bonds. The zero-order chi connectivity index (χ0) is 13.2. The first-order valence-corrected chi connectivity index (χ1v) is 6.38. The Morgan fingerprint density at radius 2 is 2.00 bits per heavy atom. The van der Waals surface area contributed by atoms with Gasteiger partial charge in [0.2, 0.25) is 5.60 Å². The van der Waals surface area contributed by atoms with Crippen LogP contribution < -0.4 is 0 Å². The Morgan fingerprint density at radius 3 is 2.56 bits per heavy atom. The van der Waals surface area contributed by atoms with Crippen LogP contribution >= 0.6 is 11.8 Å². The van der Waals surface area contributed by atoms with Crippen molar-refractivity contribution in [2.24, 2.45) is 5.16 Å². The Morgan fingerprint density at radius 1 is 1.33 bits per heavy atom. The first-order chi connectivity index (χ1) is 8.41. The van der Waals surface area contributed by atoms with Crippen molar-refractivity contribution in [3.8, 4) is 0 Å². The fourth-order valence-corrected chi connectivity index (χ4v) is 2.47. The summed E-state index contributed by atoms with van der Waals surface area (Å²) in [5.74, 6) is 0.594. The van der Waals surface area contributed by atoms with Crippen LogP contribution in [0.2, 0.25) is 0 Å². The highest BCUT2D eigenvalue weighted by atomic mass is 32.2. The van der Waals surface area contributed by atoms with E-state index < -0.39 is 11.8 Å². The maximum absolute atomic E-state index is 12.7. The Hall–Kier alpha value is -1.17. The van der Waals surface area contributed by atoms with E-state index in [1.165, 1.54) is 11.8 Å². The molecule has 2 nitrogen and oxygen atoms in total. The highest BCUT2D eigenvalue weighted by Crippen LogP contribution is 2.41. The van der Waals surface area contributed by atoms with Gasteiger partial charge in [-0.25, -0.2) is 0 Å². The van der Waals surface area contributed by atoms with Gasteiger partial charge in [0.15, 0.2) is 0 Å². The van der Waals surface area contributed by atoms with Gasteiger partial charge in [-0.3, -0.25) is 0 Å². The van der Waals surface area contributed by atoms with Gasteiger partial charge < -0.3 is 4.84 Å². The number of hydrogen-bond acceptors (Lipinski definition) is 3. The summed E-state index contributed by atoms with van der Waals surface area (Å²) in [6, 6.07) is 9.52. The monoisotopic (exact) mass is 275 g/mol. The van der Waals surface area contributed by atoms with Crippen LogP contribution in [0.15, 0.2) is 35.5 Å². The molecule has 1 aromatic rings. The molecule has 1 aliphatic rings. The van der Waals surface area contributed by atoms with E-state index in [1.807, 2.05) is 30.3 Å². The molecule has 0 N–H and O–H groups in total. The average Bonchev–Trinajstić information content (AvgIpc) is 2.71. The summed E-state index contributed by atoms with van der Waals surface area (Å²) < 4.78 is 38.0. The number of thioether (sulfide) groups is 1. The van der Waals surface area contributed by atoms with E-state index in [0.717, 1.165) is 12.5 Å². The fourth-order valence-electron chi connectivity index (χ4n) is 1.48. The number of nitrogens with zero attached hydrogens (tertiary/aromatic N) is 1. The molecule has 0 saturated carbocycles. The van der Waals surface area contributed by atoms with Crippen LogP contribution in [-0.2, 0) is 10.6 Å². The van der Waals surface area contributed by atoms with Crippen molar-refractivity contribution < 1.29 is 18.0 Å². The van der Waals surface area contributed by atoms with Crippen molar-refractivity contribution in [3.05, 3.63) is 35.9 Å². The highest BCUT2D eigenvalue weighted by molar-refractivity contribution is 8.13. The van der Waals surface area contributed by atoms with Gasteiger partial charge in [-0.15, -0.1) is 11.8 Å². The van der Waals surface area contributed by atoms with Gasteiger partial charge in [-0.05, 0) is 12.5 Å². The summed E-state index contributed by atoms with van der Waals surface area (Å²) in [6.45, 7) is 1.02. The molecule has 6 heteroatoms. The summed E-state index contributed by atoms with van der Waals surface area (Å²) in [5.41, 5.74) is -1.13. The minimum Gasteiger partial charge on any atom is -0.379 e. The molecule has 0 radical (unpaired) electrons. The number of hydrogen-bond donors (Lipinski definition) is 0. The van der Waals surface area contributed by atoms with Gasteiger partial charge in [0.05, 0.1) is 6.42 Å². The van der Waals surface area contributed by atoms with Gasteiger partial charge in [0.1, 0.15) is 5.04 Å². The van der Waals surface area contributed by atoms with Crippen LogP contribution in [0.4, 0.5) is 13.2 Å². The number of rotatable bonds is 2. The van der Waals surface area contributed by atoms with Gasteiger partial charge in [0.25, 0.3) is 0 Å². The Bertz CT molecular complexity index is 446. The Kier molecular flexibility index (Phi) is 3.56. The van der Waals surface area contributed by atoms with Crippen molar-refractivity contribution in [3.63, 3.8) is 0 Å². The summed E-state index contributed by atoms with van der Waals surface area (Å²) in [6.07, 6.45) is -4.61. The van der Waals surface area contributed by atoms with E-state index >= 15 is 0 Å². The molecule has 98 valence electrons. The summed E-state index contributed by atoms with van der Waals surface area (Å²) in [7, 11) is 0. The van der Waals surface area contributed by atoms with Crippen molar-refractivity contribution >= 4 is 16.8 Å². The summed E-state index contributed by atoms with van der Waals surface area (Å²) in [4.78, 5) is 4.55. The van der Waals surface area contributed by atoms with E-state index in [1.54, 1.807) is 0 Å². The van der Waals surface area contributed by atoms with Crippen LogP contribution in [0.3, 0.4) is 0 Å². The van der Waals surface area contributed by atoms with E-state index in [-0.39, 0.29) is 6.42 Å². The second kappa shape index (κ2) is 4.84. The molecule has 18 heavy (non-hydrogen) atoms. The summed E-state index contributed by atoms with van der Waals surface area (Å²) >= 11 is 1.28. The minimum absolute atomic E-state index is 0.214. The third-order valence-electron chi connectivity index (χ3n) is 2.69. The molecule has 0 bridgehead atoms. The molecule has 1 heterocycles. The van der Waals surface area contributed by atoms with Crippen LogP contribution in [-0.4, -0.2) is 16.8 Å². The Balaban J connectivity index is 1.91. The predicted octanol–water partition coefficient (Wildman–Crippen LogP) is 3.97. The van der Waals surface area contributed by atoms with Crippen molar-refractivity contribution in [2.45, 2.75) is 30.9 Å². The van der Waals surface area contributed by atoms with Crippen molar-refractivity contribution in [1.29, 1.82) is 0 Å². The van der Waals surface area contributed by atoms with Crippen molar-refractivity contribution in [2.75, 3.05) is 0 Å². The average molecular weight is 275 g/mol. The quantitative estimate of drug-likeness (QED) is 0.814. The number of halogens is 3. The third kappa shape index (κ3) is 2.80. The maximum Gasteiger partial charge on any atom is 0.431 e. The van der Waals surface area contributed by atoms with E-state index in [2.05, 4.69) is 9.99 Å². The zero-order valence-electron chi connectivity index (χ0n) is 9.70. The van der Waals surface area contributed by atoms with Gasteiger partial charge >= 0.3 is 6.18 Å². The van der Waals surface area contributed by atoms with E-state index in [0.29, 0.717) is 10.8 Å². The van der Waals surface area contributed by atoms with Gasteiger partial charge in [-0.2, -0.15) is 13.2 Å². The molecule has 1 atom stereocenters. The second-order valence-corrected chi connectivity index (χ2v) is 5.30. The molecule has 2 rings (SSSR count). The first kappa shape index (κ1) is 13.3. The molecule has 0 fully saturated rings. The molecule has 1 unspecified atom stereocenters. The predicted molar refractivity (Wildman–Crippen MR) is 65.3 cm³/mol. The number of oxime groups is 1. The van der Waals surface area contributed by atoms with Gasteiger partial charge in [0, 0.05) is 5.75 Å². The van der Waals surface area contributed by atoms with Gasteiger partial charge in [-0.1, -0.05) is 35.5 Å². The lowest BCUT2D eigenvalue weighted by Gasteiger charge is -2.23. The fraction of sp³-hybridized carbons (Fsp3) is 0.417. The topological polar surface area (TPSA) is 21.6 Å². The van der Waals surface area contributed by atoms with Crippen LogP contribution in [0.25, 0.3) is 0 Å². The highest BCUT2D eigenvalue weighted by Gasteiger charge is 2.57. The number of benzene rings is 1. The molecule has 0 aliphatic carbocycles. The van der Waals surface area contributed by atoms with Crippen LogP contribution in [0.5, 0.6) is 0 Å². The second-order valence-electron chi connectivity index (χ2n) is 4.26. The molecular weight excluding hydrogens is 263 g/mol. The maximum atomic E-state index is 12.7. The van der Waals surface area contributed by atoms with Crippen LogP contribution in [0.1, 0.15) is 18.9 Å². The molecule has 1 aliphatic heterocycles. The molecule has 0 aromatic heterocycles. The molecule has 1 aromatic carbocycles. The Labute approximate surface area is 107 Å². The van der Waals surface area contributed by atoms with E-state index in [4.69, 9.17) is 0 Å². The lowest BCUT2D eigenvalue weighted by molar-refractivity contribution is -0.261. The minimum atomic E-state index is -4.40. The molecular formula is C12H12F3NOS. The molecule has 0 saturated heterocycles. The summed E-state index contributed by atoms with van der Waals surface area (Å²) in [5, 5.41) is 3.92. The lowest BCUT2D eigenvalue weighted by atomic mass is 10.0. The smallest absolute Gasteiger partial charge is 0.379 e. The SMILES string of the molecule is CC1(C(F)(F)F)CC(SCc2ccccc2)=NO1. The zero-order valence-corrected chi connectivity index (χ0v) is 10.5. The van der Waals surface area contributed by atoms with Crippen LogP contribution in [0, 0.1) is 0 Å². The lowest BCUT2D eigenvalue weighted by Crippen LogP contribution is -2.42.